The van der Waals surface area contributed by atoms with Gasteiger partial charge in [0.25, 0.3) is 0 Å². The molecule has 3 nitrogen and oxygen atoms in total. The summed E-state index contributed by atoms with van der Waals surface area (Å²) in [6, 6.07) is 10.4. The van der Waals surface area contributed by atoms with Crippen LogP contribution in [0, 0.1) is 12.3 Å². The average Bonchev–Trinajstić information content (AvgIpc) is 2.39. The third-order valence-electron chi connectivity index (χ3n) is 2.60. The van der Waals surface area contributed by atoms with Crippen molar-refractivity contribution >= 4 is 0 Å². The van der Waals surface area contributed by atoms with E-state index in [0.29, 0.717) is 13.2 Å². The molecule has 0 heterocycles. The van der Waals surface area contributed by atoms with Gasteiger partial charge in [-0.1, -0.05) is 30.3 Å². The van der Waals surface area contributed by atoms with Gasteiger partial charge in [-0.15, -0.1) is 12.3 Å². The second-order valence-electron chi connectivity index (χ2n) is 3.93. The van der Waals surface area contributed by atoms with Crippen LogP contribution in [-0.2, 0) is 11.3 Å². The zero-order valence-electron chi connectivity index (χ0n) is 10.1. The van der Waals surface area contributed by atoms with E-state index in [1.54, 1.807) is 0 Å². The van der Waals surface area contributed by atoms with Gasteiger partial charge in [-0.3, -0.25) is 11.3 Å². The molecule has 0 bridgehead atoms. The maximum atomic E-state index is 5.58. The first-order valence-electron chi connectivity index (χ1n) is 5.88. The smallest absolute Gasteiger partial charge is 0.0716 e. The molecular weight excluding hydrogens is 212 g/mol. The van der Waals surface area contributed by atoms with Gasteiger partial charge in [0.1, 0.15) is 0 Å². The summed E-state index contributed by atoms with van der Waals surface area (Å²) < 4.78 is 5.58. The highest BCUT2D eigenvalue weighted by Crippen LogP contribution is 2.04. The van der Waals surface area contributed by atoms with Crippen LogP contribution in [0.4, 0.5) is 0 Å². The third-order valence-corrected chi connectivity index (χ3v) is 2.60. The predicted octanol–water partition coefficient (Wildman–Crippen LogP) is 1.84. The van der Waals surface area contributed by atoms with Crippen molar-refractivity contribution in [3.05, 3.63) is 35.9 Å². The lowest BCUT2D eigenvalue weighted by Gasteiger charge is -2.14. The number of benzene rings is 1. The molecule has 1 unspecified atom stereocenters. The summed E-state index contributed by atoms with van der Waals surface area (Å²) in [5.74, 6) is 8.05. The minimum Gasteiger partial charge on any atom is -0.377 e. The van der Waals surface area contributed by atoms with E-state index in [2.05, 4.69) is 23.5 Å². The standard InChI is InChI=1S/C14H20N2O/c1-2-3-9-14(16-15)10-11-17-12-13-7-5-4-6-8-13/h1,4-8,14,16H,3,9-12,15H2. The maximum absolute atomic E-state index is 5.58. The third kappa shape index (κ3) is 6.08. The van der Waals surface area contributed by atoms with Crippen molar-refractivity contribution in [2.24, 2.45) is 5.84 Å². The molecular formula is C14H20N2O. The van der Waals surface area contributed by atoms with Gasteiger partial charge < -0.3 is 4.74 Å². The van der Waals surface area contributed by atoms with E-state index in [9.17, 15) is 0 Å². The zero-order valence-corrected chi connectivity index (χ0v) is 10.1. The van der Waals surface area contributed by atoms with Gasteiger partial charge in [-0.2, -0.15) is 0 Å². The van der Waals surface area contributed by atoms with E-state index < -0.39 is 0 Å². The first-order chi connectivity index (χ1) is 8.36. The molecule has 0 aliphatic heterocycles. The van der Waals surface area contributed by atoms with Gasteiger partial charge in [0.2, 0.25) is 0 Å². The van der Waals surface area contributed by atoms with Gasteiger partial charge in [0.15, 0.2) is 0 Å². The number of terminal acetylenes is 1. The SMILES string of the molecule is C#CCCC(CCOCc1ccccc1)NN. The number of hydrogen-bond acceptors (Lipinski definition) is 3. The van der Waals surface area contributed by atoms with Gasteiger partial charge in [-0.25, -0.2) is 0 Å². The van der Waals surface area contributed by atoms with Gasteiger partial charge >= 0.3 is 0 Å². The van der Waals surface area contributed by atoms with Crippen molar-refractivity contribution in [1.29, 1.82) is 0 Å². The minimum atomic E-state index is 0.238. The van der Waals surface area contributed by atoms with Crippen LogP contribution in [0.25, 0.3) is 0 Å². The Kier molecular flexibility index (Phi) is 7.08. The van der Waals surface area contributed by atoms with Crippen LogP contribution in [0.15, 0.2) is 30.3 Å². The van der Waals surface area contributed by atoms with Crippen LogP contribution in [0.5, 0.6) is 0 Å². The van der Waals surface area contributed by atoms with E-state index in [1.807, 2.05) is 18.2 Å². The summed E-state index contributed by atoms with van der Waals surface area (Å²) in [7, 11) is 0. The Hall–Kier alpha value is -1.34. The molecule has 3 N–H and O–H groups in total. The monoisotopic (exact) mass is 232 g/mol. The number of nitrogens with two attached hydrogens (primary N) is 1. The zero-order chi connectivity index (χ0) is 12.3. The quantitative estimate of drug-likeness (QED) is 0.311. The second kappa shape index (κ2) is 8.77. The van der Waals surface area contributed by atoms with Crippen molar-refractivity contribution in [2.75, 3.05) is 6.61 Å². The Bertz CT molecular complexity index is 332. The lowest BCUT2D eigenvalue weighted by molar-refractivity contribution is 0.110. The molecule has 0 spiro atoms. The largest absolute Gasteiger partial charge is 0.377 e. The van der Waals surface area contributed by atoms with Crippen molar-refractivity contribution in [1.82, 2.24) is 5.43 Å². The first kappa shape index (κ1) is 13.7. The Balaban J connectivity index is 2.12. The topological polar surface area (TPSA) is 47.3 Å². The van der Waals surface area contributed by atoms with Crippen molar-refractivity contribution in [3.8, 4) is 12.3 Å². The molecule has 0 fully saturated rings. The van der Waals surface area contributed by atoms with Crippen molar-refractivity contribution in [2.45, 2.75) is 31.9 Å². The summed E-state index contributed by atoms with van der Waals surface area (Å²) in [4.78, 5) is 0. The first-order valence-corrected chi connectivity index (χ1v) is 5.88. The molecule has 1 aromatic rings. The van der Waals surface area contributed by atoms with Crippen LogP contribution < -0.4 is 11.3 Å². The molecule has 1 atom stereocenters. The van der Waals surface area contributed by atoms with Crippen molar-refractivity contribution in [3.63, 3.8) is 0 Å². The fourth-order valence-corrected chi connectivity index (χ4v) is 1.56. The summed E-state index contributed by atoms with van der Waals surface area (Å²) in [6.45, 7) is 1.33. The molecule has 1 aromatic carbocycles. The molecule has 0 radical (unpaired) electrons. The lowest BCUT2D eigenvalue weighted by atomic mass is 10.1. The minimum absolute atomic E-state index is 0.238. The molecule has 0 aromatic heterocycles. The number of hydrogen-bond donors (Lipinski definition) is 2. The van der Waals surface area contributed by atoms with E-state index in [1.165, 1.54) is 5.56 Å². The van der Waals surface area contributed by atoms with Crippen LogP contribution in [0.1, 0.15) is 24.8 Å². The summed E-state index contributed by atoms with van der Waals surface area (Å²) >= 11 is 0. The number of rotatable bonds is 8. The molecule has 1 rings (SSSR count). The van der Waals surface area contributed by atoms with Gasteiger partial charge in [0.05, 0.1) is 6.61 Å². The Morgan fingerprint density at radius 2 is 2.06 bits per heavy atom. The van der Waals surface area contributed by atoms with Gasteiger partial charge in [0, 0.05) is 19.1 Å². The van der Waals surface area contributed by atoms with E-state index >= 15 is 0 Å². The summed E-state index contributed by atoms with van der Waals surface area (Å²) in [6.07, 6.45) is 7.73. The number of hydrazine groups is 1. The molecule has 17 heavy (non-hydrogen) atoms. The van der Waals surface area contributed by atoms with Crippen LogP contribution in [0.3, 0.4) is 0 Å². The van der Waals surface area contributed by atoms with Crippen LogP contribution in [-0.4, -0.2) is 12.6 Å². The predicted molar refractivity (Wildman–Crippen MR) is 69.9 cm³/mol. The lowest BCUT2D eigenvalue weighted by Crippen LogP contribution is -2.35. The molecule has 3 heteroatoms. The summed E-state index contributed by atoms with van der Waals surface area (Å²) in [5.41, 5.74) is 3.95. The fourth-order valence-electron chi connectivity index (χ4n) is 1.56. The highest BCUT2D eigenvalue weighted by Gasteiger charge is 2.04. The van der Waals surface area contributed by atoms with Gasteiger partial charge in [-0.05, 0) is 18.4 Å². The Morgan fingerprint density at radius 3 is 2.71 bits per heavy atom. The Labute approximate surface area is 103 Å². The number of nitrogens with one attached hydrogen (secondary N) is 1. The highest BCUT2D eigenvalue weighted by atomic mass is 16.5. The maximum Gasteiger partial charge on any atom is 0.0716 e. The second-order valence-corrected chi connectivity index (χ2v) is 3.93. The van der Waals surface area contributed by atoms with Crippen LogP contribution >= 0.6 is 0 Å². The molecule has 0 saturated heterocycles. The molecule has 0 aliphatic rings. The molecule has 0 aliphatic carbocycles. The van der Waals surface area contributed by atoms with E-state index in [-0.39, 0.29) is 6.04 Å². The molecule has 92 valence electrons. The Morgan fingerprint density at radius 1 is 1.29 bits per heavy atom. The highest BCUT2D eigenvalue weighted by molar-refractivity contribution is 5.13. The summed E-state index contributed by atoms with van der Waals surface area (Å²) in [5, 5.41) is 0. The molecule has 0 amide bonds. The van der Waals surface area contributed by atoms with Crippen molar-refractivity contribution < 1.29 is 4.74 Å². The average molecular weight is 232 g/mol. The normalized spacial score (nSPS) is 12.0. The molecule has 0 saturated carbocycles. The fraction of sp³-hybridized carbons (Fsp3) is 0.429. The van der Waals surface area contributed by atoms with E-state index in [0.717, 1.165) is 19.3 Å². The van der Waals surface area contributed by atoms with E-state index in [4.69, 9.17) is 17.0 Å². The number of ether oxygens (including phenoxy) is 1. The van der Waals surface area contributed by atoms with Crippen LogP contribution in [0.2, 0.25) is 0 Å².